The molecule has 0 aliphatic heterocycles. The van der Waals surface area contributed by atoms with E-state index < -0.39 is 0 Å². The molecule has 0 saturated heterocycles. The minimum Gasteiger partial charge on any atom is -0.343 e. The molecular formula is C19H30N2. The van der Waals surface area contributed by atoms with E-state index in [-0.39, 0.29) is 5.54 Å². The average molecular weight is 286 g/mol. The molecule has 0 spiro atoms. The standard InChI is InChI=1S/C19H30N2/c1-6-15(7-2)14-21-17(13-20-19(3,4)5)12-16-10-8-9-11-18(16)21/h8-12,15,20H,6-7,13-14H2,1-5H3. The highest BCUT2D eigenvalue weighted by Gasteiger charge is 2.15. The molecule has 0 fully saturated rings. The lowest BCUT2D eigenvalue weighted by Crippen LogP contribution is -2.35. The predicted molar refractivity (Wildman–Crippen MR) is 92.6 cm³/mol. The summed E-state index contributed by atoms with van der Waals surface area (Å²) in [7, 11) is 0. The van der Waals surface area contributed by atoms with E-state index in [9.17, 15) is 0 Å². The van der Waals surface area contributed by atoms with E-state index in [2.05, 4.69) is 74.8 Å². The lowest BCUT2D eigenvalue weighted by atomic mass is 10.0. The molecule has 2 rings (SSSR count). The number of aromatic nitrogens is 1. The predicted octanol–water partition coefficient (Wildman–Crippen LogP) is 4.97. The SMILES string of the molecule is CCC(CC)Cn1c(CNC(C)(C)C)cc2ccccc21. The molecular weight excluding hydrogens is 256 g/mol. The number of rotatable bonds is 6. The second-order valence-corrected chi connectivity index (χ2v) is 7.09. The summed E-state index contributed by atoms with van der Waals surface area (Å²) >= 11 is 0. The largest absolute Gasteiger partial charge is 0.343 e. The van der Waals surface area contributed by atoms with Crippen LogP contribution in [0.1, 0.15) is 53.2 Å². The molecule has 1 aromatic heterocycles. The smallest absolute Gasteiger partial charge is 0.0483 e. The molecule has 0 unspecified atom stereocenters. The molecule has 0 aliphatic carbocycles. The average Bonchev–Trinajstić information content (AvgIpc) is 2.79. The number of para-hydroxylation sites is 1. The van der Waals surface area contributed by atoms with Crippen LogP contribution in [0, 0.1) is 5.92 Å². The Kier molecular flexibility index (Phi) is 5.10. The molecule has 21 heavy (non-hydrogen) atoms. The second-order valence-electron chi connectivity index (χ2n) is 7.09. The van der Waals surface area contributed by atoms with Crippen LogP contribution in [0.25, 0.3) is 10.9 Å². The van der Waals surface area contributed by atoms with E-state index in [4.69, 9.17) is 0 Å². The van der Waals surface area contributed by atoms with Gasteiger partial charge in [-0.05, 0) is 44.2 Å². The maximum atomic E-state index is 3.63. The van der Waals surface area contributed by atoms with Crippen LogP contribution in [0.2, 0.25) is 0 Å². The summed E-state index contributed by atoms with van der Waals surface area (Å²) < 4.78 is 2.52. The van der Waals surface area contributed by atoms with Crippen LogP contribution >= 0.6 is 0 Å². The normalized spacial score (nSPS) is 12.5. The van der Waals surface area contributed by atoms with Gasteiger partial charge in [-0.25, -0.2) is 0 Å². The highest BCUT2D eigenvalue weighted by Crippen LogP contribution is 2.23. The molecule has 0 aliphatic rings. The van der Waals surface area contributed by atoms with Gasteiger partial charge in [-0.3, -0.25) is 0 Å². The van der Waals surface area contributed by atoms with Crippen LogP contribution in [0.15, 0.2) is 30.3 Å². The molecule has 2 heteroatoms. The summed E-state index contributed by atoms with van der Waals surface area (Å²) in [5.41, 5.74) is 2.92. The first-order valence-electron chi connectivity index (χ1n) is 8.26. The monoisotopic (exact) mass is 286 g/mol. The summed E-state index contributed by atoms with van der Waals surface area (Å²) in [6, 6.07) is 11.1. The Morgan fingerprint density at radius 3 is 2.38 bits per heavy atom. The van der Waals surface area contributed by atoms with Gasteiger partial charge in [0.15, 0.2) is 0 Å². The van der Waals surface area contributed by atoms with E-state index in [0.717, 1.165) is 19.0 Å². The quantitative estimate of drug-likeness (QED) is 0.793. The van der Waals surface area contributed by atoms with Crippen molar-refractivity contribution < 1.29 is 0 Å². The Balaban J connectivity index is 2.33. The van der Waals surface area contributed by atoms with Crippen molar-refractivity contribution in [1.82, 2.24) is 9.88 Å². The molecule has 0 atom stereocenters. The van der Waals surface area contributed by atoms with Gasteiger partial charge in [0.05, 0.1) is 0 Å². The van der Waals surface area contributed by atoms with E-state index in [1.165, 1.54) is 29.4 Å². The molecule has 2 aromatic rings. The van der Waals surface area contributed by atoms with Gasteiger partial charge in [-0.1, -0.05) is 44.9 Å². The van der Waals surface area contributed by atoms with E-state index in [0.29, 0.717) is 0 Å². The van der Waals surface area contributed by atoms with Gasteiger partial charge in [-0.2, -0.15) is 0 Å². The van der Waals surface area contributed by atoms with Crippen molar-refractivity contribution in [1.29, 1.82) is 0 Å². The van der Waals surface area contributed by atoms with Crippen LogP contribution in [-0.4, -0.2) is 10.1 Å². The first kappa shape index (κ1) is 16.1. The van der Waals surface area contributed by atoms with Crippen LogP contribution in [0.4, 0.5) is 0 Å². The summed E-state index contributed by atoms with van der Waals surface area (Å²) in [5.74, 6) is 0.759. The van der Waals surface area contributed by atoms with Crippen molar-refractivity contribution in [2.75, 3.05) is 0 Å². The third-order valence-electron chi connectivity index (χ3n) is 4.29. The zero-order valence-electron chi connectivity index (χ0n) is 14.2. The Hall–Kier alpha value is -1.28. The fourth-order valence-electron chi connectivity index (χ4n) is 2.79. The minimum absolute atomic E-state index is 0.149. The van der Waals surface area contributed by atoms with Crippen molar-refractivity contribution in [3.05, 3.63) is 36.0 Å². The van der Waals surface area contributed by atoms with Gasteiger partial charge in [0.1, 0.15) is 0 Å². The zero-order valence-corrected chi connectivity index (χ0v) is 14.2. The maximum Gasteiger partial charge on any atom is 0.0483 e. The van der Waals surface area contributed by atoms with E-state index in [1.54, 1.807) is 0 Å². The van der Waals surface area contributed by atoms with Crippen molar-refractivity contribution in [3.8, 4) is 0 Å². The first-order chi connectivity index (χ1) is 9.94. The van der Waals surface area contributed by atoms with Crippen LogP contribution in [0.5, 0.6) is 0 Å². The van der Waals surface area contributed by atoms with Crippen molar-refractivity contribution in [2.45, 2.75) is 66.1 Å². The van der Waals surface area contributed by atoms with Gasteiger partial charge < -0.3 is 9.88 Å². The van der Waals surface area contributed by atoms with Gasteiger partial charge in [0.2, 0.25) is 0 Å². The summed E-state index contributed by atoms with van der Waals surface area (Å²) in [4.78, 5) is 0. The number of fused-ring (bicyclic) bond motifs is 1. The van der Waals surface area contributed by atoms with Crippen LogP contribution in [0.3, 0.4) is 0 Å². The fourth-order valence-corrected chi connectivity index (χ4v) is 2.79. The van der Waals surface area contributed by atoms with Crippen molar-refractivity contribution in [2.24, 2.45) is 5.92 Å². The van der Waals surface area contributed by atoms with Crippen molar-refractivity contribution in [3.63, 3.8) is 0 Å². The topological polar surface area (TPSA) is 17.0 Å². The van der Waals surface area contributed by atoms with E-state index >= 15 is 0 Å². The van der Waals surface area contributed by atoms with Gasteiger partial charge in [-0.15, -0.1) is 0 Å². The Morgan fingerprint density at radius 1 is 1.10 bits per heavy atom. The fraction of sp³-hybridized carbons (Fsp3) is 0.579. The molecule has 2 nitrogen and oxygen atoms in total. The van der Waals surface area contributed by atoms with Crippen LogP contribution < -0.4 is 5.32 Å². The third kappa shape index (κ3) is 4.10. The lowest BCUT2D eigenvalue weighted by molar-refractivity contribution is 0.393. The molecule has 1 N–H and O–H groups in total. The third-order valence-corrected chi connectivity index (χ3v) is 4.29. The summed E-state index contributed by atoms with van der Waals surface area (Å²) in [5, 5.41) is 4.98. The molecule has 0 bridgehead atoms. The zero-order chi connectivity index (χ0) is 15.5. The molecule has 0 amide bonds. The highest BCUT2D eigenvalue weighted by atomic mass is 15.0. The second kappa shape index (κ2) is 6.65. The Bertz CT molecular complexity index is 571. The number of hydrogen-bond acceptors (Lipinski definition) is 1. The molecule has 116 valence electrons. The number of benzene rings is 1. The van der Waals surface area contributed by atoms with Crippen molar-refractivity contribution >= 4 is 10.9 Å². The molecule has 0 radical (unpaired) electrons. The van der Waals surface area contributed by atoms with E-state index in [1.807, 2.05) is 0 Å². The van der Waals surface area contributed by atoms with Crippen LogP contribution in [-0.2, 0) is 13.1 Å². The summed E-state index contributed by atoms with van der Waals surface area (Å²) in [6.45, 7) is 13.3. The first-order valence-corrected chi connectivity index (χ1v) is 8.26. The van der Waals surface area contributed by atoms with Gasteiger partial charge >= 0.3 is 0 Å². The molecule has 1 heterocycles. The lowest BCUT2D eigenvalue weighted by Gasteiger charge is -2.22. The highest BCUT2D eigenvalue weighted by molar-refractivity contribution is 5.81. The minimum atomic E-state index is 0.149. The number of nitrogens with one attached hydrogen (secondary N) is 1. The Labute approximate surface area is 129 Å². The molecule has 0 saturated carbocycles. The maximum absolute atomic E-state index is 3.63. The number of hydrogen-bond donors (Lipinski definition) is 1. The number of nitrogens with zero attached hydrogens (tertiary/aromatic N) is 1. The Morgan fingerprint density at radius 2 is 1.76 bits per heavy atom. The molecule has 1 aromatic carbocycles. The van der Waals surface area contributed by atoms with Gasteiger partial charge in [0, 0.05) is 29.8 Å². The van der Waals surface area contributed by atoms with Gasteiger partial charge in [0.25, 0.3) is 0 Å². The summed E-state index contributed by atoms with van der Waals surface area (Å²) in [6.07, 6.45) is 2.49.